The van der Waals surface area contributed by atoms with Crippen molar-refractivity contribution >= 4 is 17.5 Å². The lowest BCUT2D eigenvalue weighted by atomic mass is 10.5. The summed E-state index contributed by atoms with van der Waals surface area (Å²) in [6.45, 7) is 0. The molecule has 4 heteroatoms. The van der Waals surface area contributed by atoms with Crippen LogP contribution in [0.25, 0.3) is 11.2 Å². The molecular weight excluding hydrogens is 134 g/mol. The molecule has 0 aliphatic carbocycles. The molecule has 0 aromatic carbocycles. The van der Waals surface area contributed by atoms with Gasteiger partial charge in [-0.05, 0) is 0 Å². The second-order valence-electron chi connectivity index (χ2n) is 1.82. The Balaban J connectivity index is 2.78. The van der Waals surface area contributed by atoms with Gasteiger partial charge in [0.15, 0.2) is 17.6 Å². The van der Waals surface area contributed by atoms with Crippen LogP contribution in [0.3, 0.4) is 0 Å². The highest BCUT2D eigenvalue weighted by atomic mass is 16.5. The molecule has 2 aromatic heterocycles. The molecule has 0 bridgehead atoms. The molecule has 4 nitrogen and oxygen atoms in total. The second-order valence-corrected chi connectivity index (χ2v) is 1.82. The standard InChI is InChI=1S/C6H3NO3/c8-3-4-1-5-6(9-4)2-7-10-5/h1-3H. The average molecular weight is 137 g/mol. The third kappa shape index (κ3) is 0.556. The predicted octanol–water partition coefficient (Wildman–Crippen LogP) is 1.23. The molecule has 2 rings (SSSR count). The van der Waals surface area contributed by atoms with E-state index in [1.807, 2.05) is 0 Å². The minimum Gasteiger partial charge on any atom is -0.448 e. The Morgan fingerprint density at radius 1 is 1.50 bits per heavy atom. The minimum atomic E-state index is 0.260. The van der Waals surface area contributed by atoms with Crippen LogP contribution in [0.15, 0.2) is 21.2 Å². The number of aldehydes is 1. The van der Waals surface area contributed by atoms with Gasteiger partial charge in [-0.25, -0.2) is 0 Å². The summed E-state index contributed by atoms with van der Waals surface area (Å²) in [6, 6.07) is 1.50. The van der Waals surface area contributed by atoms with Crippen molar-refractivity contribution in [3.8, 4) is 0 Å². The molecule has 0 aliphatic heterocycles. The van der Waals surface area contributed by atoms with Crippen molar-refractivity contribution in [3.05, 3.63) is 18.0 Å². The molecule has 0 saturated heterocycles. The summed E-state index contributed by atoms with van der Waals surface area (Å²) < 4.78 is 9.63. The number of fused-ring (bicyclic) bond motifs is 1. The minimum absolute atomic E-state index is 0.260. The van der Waals surface area contributed by atoms with Crippen molar-refractivity contribution in [2.45, 2.75) is 0 Å². The summed E-state index contributed by atoms with van der Waals surface area (Å²) in [5.74, 6) is 0.260. The number of aromatic nitrogens is 1. The number of nitrogens with zero attached hydrogens (tertiary/aromatic N) is 1. The fourth-order valence-corrected chi connectivity index (χ4v) is 0.757. The topological polar surface area (TPSA) is 56.2 Å². The maximum Gasteiger partial charge on any atom is 0.205 e. The van der Waals surface area contributed by atoms with E-state index in [0.717, 1.165) is 0 Å². The number of rotatable bonds is 1. The molecule has 0 radical (unpaired) electrons. The van der Waals surface area contributed by atoms with Crippen molar-refractivity contribution in [2.75, 3.05) is 0 Å². The van der Waals surface area contributed by atoms with Crippen LogP contribution >= 0.6 is 0 Å². The monoisotopic (exact) mass is 137 g/mol. The van der Waals surface area contributed by atoms with Crippen LogP contribution < -0.4 is 0 Å². The first-order valence-electron chi connectivity index (χ1n) is 2.69. The molecule has 0 unspecified atom stereocenters. The summed E-state index contributed by atoms with van der Waals surface area (Å²) in [5, 5.41) is 3.45. The van der Waals surface area contributed by atoms with Crippen LogP contribution in [0.5, 0.6) is 0 Å². The Hall–Kier alpha value is -1.58. The van der Waals surface area contributed by atoms with Crippen LogP contribution in [0.2, 0.25) is 0 Å². The summed E-state index contributed by atoms with van der Waals surface area (Å²) in [7, 11) is 0. The van der Waals surface area contributed by atoms with Gasteiger partial charge in [-0.15, -0.1) is 0 Å². The van der Waals surface area contributed by atoms with Crippen molar-refractivity contribution in [1.29, 1.82) is 0 Å². The predicted molar refractivity (Wildman–Crippen MR) is 31.7 cm³/mol. The molecule has 0 saturated carbocycles. The van der Waals surface area contributed by atoms with Gasteiger partial charge in [0.25, 0.3) is 0 Å². The van der Waals surface area contributed by atoms with E-state index in [-0.39, 0.29) is 5.76 Å². The van der Waals surface area contributed by atoms with E-state index < -0.39 is 0 Å². The maximum atomic E-state index is 10.1. The van der Waals surface area contributed by atoms with Crippen LogP contribution in [0, 0.1) is 0 Å². The van der Waals surface area contributed by atoms with Crippen LogP contribution in [0.4, 0.5) is 0 Å². The summed E-state index contributed by atoms with van der Waals surface area (Å²) in [6.07, 6.45) is 2.04. The third-order valence-corrected chi connectivity index (χ3v) is 1.18. The zero-order valence-corrected chi connectivity index (χ0v) is 4.90. The van der Waals surface area contributed by atoms with Crippen LogP contribution in [-0.4, -0.2) is 11.4 Å². The van der Waals surface area contributed by atoms with Gasteiger partial charge in [0.05, 0.1) is 0 Å². The molecule has 0 fully saturated rings. The normalized spacial score (nSPS) is 10.4. The van der Waals surface area contributed by atoms with Gasteiger partial charge in [-0.3, -0.25) is 4.79 Å². The molecule has 2 aromatic rings. The molecule has 0 N–H and O–H groups in total. The molecule has 0 aliphatic rings. The van der Waals surface area contributed by atoms with E-state index in [1.54, 1.807) is 0 Å². The van der Waals surface area contributed by atoms with Crippen molar-refractivity contribution < 1.29 is 13.7 Å². The largest absolute Gasteiger partial charge is 0.448 e. The van der Waals surface area contributed by atoms with E-state index in [4.69, 9.17) is 8.94 Å². The van der Waals surface area contributed by atoms with E-state index in [2.05, 4.69) is 5.16 Å². The molecular formula is C6H3NO3. The van der Waals surface area contributed by atoms with E-state index in [1.165, 1.54) is 12.3 Å². The van der Waals surface area contributed by atoms with Crippen LogP contribution in [0.1, 0.15) is 10.6 Å². The van der Waals surface area contributed by atoms with Crippen molar-refractivity contribution in [1.82, 2.24) is 5.16 Å². The highest BCUT2D eigenvalue weighted by Crippen LogP contribution is 2.16. The number of carbonyl (C=O) groups is 1. The van der Waals surface area contributed by atoms with Gasteiger partial charge in [-0.1, -0.05) is 5.16 Å². The average Bonchev–Trinajstić information content (AvgIpc) is 2.42. The zero-order chi connectivity index (χ0) is 6.97. The second kappa shape index (κ2) is 1.70. The summed E-state index contributed by atoms with van der Waals surface area (Å²) in [4.78, 5) is 10.1. The van der Waals surface area contributed by atoms with Crippen molar-refractivity contribution in [3.63, 3.8) is 0 Å². The maximum absolute atomic E-state index is 10.1. The molecule has 50 valence electrons. The van der Waals surface area contributed by atoms with Gasteiger partial charge < -0.3 is 8.94 Å². The molecule has 0 amide bonds. The van der Waals surface area contributed by atoms with E-state index in [9.17, 15) is 4.79 Å². The van der Waals surface area contributed by atoms with Gasteiger partial charge in [0, 0.05) is 6.07 Å². The Bertz CT molecular complexity index is 331. The van der Waals surface area contributed by atoms with E-state index >= 15 is 0 Å². The first kappa shape index (κ1) is 5.22. The number of carbonyl (C=O) groups excluding carboxylic acids is 1. The quantitative estimate of drug-likeness (QED) is 0.554. The highest BCUT2D eigenvalue weighted by Gasteiger charge is 2.04. The Kier molecular flexibility index (Phi) is 0.887. The fourth-order valence-electron chi connectivity index (χ4n) is 0.757. The Morgan fingerprint density at radius 2 is 2.40 bits per heavy atom. The smallest absolute Gasteiger partial charge is 0.205 e. The first-order valence-corrected chi connectivity index (χ1v) is 2.69. The molecule has 10 heavy (non-hydrogen) atoms. The third-order valence-electron chi connectivity index (χ3n) is 1.18. The van der Waals surface area contributed by atoms with Gasteiger partial charge in [0.1, 0.15) is 6.20 Å². The van der Waals surface area contributed by atoms with Gasteiger partial charge in [-0.2, -0.15) is 0 Å². The zero-order valence-electron chi connectivity index (χ0n) is 4.90. The Labute approximate surface area is 55.4 Å². The van der Waals surface area contributed by atoms with Crippen LogP contribution in [-0.2, 0) is 0 Å². The fraction of sp³-hybridized carbons (Fsp3) is 0. The molecule has 0 spiro atoms. The lowest BCUT2D eigenvalue weighted by Crippen LogP contribution is -1.66. The number of hydrogen-bond donors (Lipinski definition) is 0. The first-order chi connectivity index (χ1) is 4.90. The van der Waals surface area contributed by atoms with Gasteiger partial charge >= 0.3 is 0 Å². The van der Waals surface area contributed by atoms with E-state index in [0.29, 0.717) is 17.5 Å². The molecule has 2 heterocycles. The summed E-state index contributed by atoms with van der Waals surface area (Å²) >= 11 is 0. The lowest BCUT2D eigenvalue weighted by molar-refractivity contribution is 0.110. The summed E-state index contributed by atoms with van der Waals surface area (Å²) in [5.41, 5.74) is 1.00. The number of furan rings is 1. The highest BCUT2D eigenvalue weighted by molar-refractivity contribution is 5.80. The lowest BCUT2D eigenvalue weighted by Gasteiger charge is -1.71. The Morgan fingerprint density at radius 3 is 3.10 bits per heavy atom. The van der Waals surface area contributed by atoms with Gasteiger partial charge in [0.2, 0.25) is 5.58 Å². The van der Waals surface area contributed by atoms with Crippen molar-refractivity contribution in [2.24, 2.45) is 0 Å². The number of hydrogen-bond acceptors (Lipinski definition) is 4. The SMILES string of the molecule is O=Cc1cc2oncc2o1. The molecule has 0 atom stereocenters.